The summed E-state index contributed by atoms with van der Waals surface area (Å²) in [6, 6.07) is 5.03. The van der Waals surface area contributed by atoms with Crippen LogP contribution in [0.25, 0.3) is 10.9 Å². The molecule has 2 aromatic rings. The van der Waals surface area contributed by atoms with E-state index in [2.05, 4.69) is 14.9 Å². The lowest BCUT2D eigenvalue weighted by atomic mass is 10.1. The molecule has 1 fully saturated rings. The van der Waals surface area contributed by atoms with Crippen LogP contribution in [0.5, 0.6) is 0 Å². The molecule has 1 atom stereocenters. The zero-order chi connectivity index (χ0) is 14.8. The number of fused-ring (bicyclic) bond motifs is 3. The van der Waals surface area contributed by atoms with E-state index in [0.29, 0.717) is 23.3 Å². The molecule has 0 spiro atoms. The molecule has 1 aliphatic heterocycles. The van der Waals surface area contributed by atoms with Crippen LogP contribution in [0, 0.1) is 5.92 Å². The Morgan fingerprint density at radius 1 is 1.33 bits per heavy atom. The molecule has 0 saturated heterocycles. The normalized spacial score (nSPS) is 21.3. The first-order chi connectivity index (χ1) is 9.95. The number of anilines is 1. The molecule has 1 aromatic carbocycles. The summed E-state index contributed by atoms with van der Waals surface area (Å²) >= 11 is 0. The van der Waals surface area contributed by atoms with E-state index in [1.165, 1.54) is 18.9 Å². The fraction of sp³-hybridized carbons (Fsp3) is 0.429. The van der Waals surface area contributed by atoms with Gasteiger partial charge in [0, 0.05) is 12.8 Å². The Kier molecular flexibility index (Phi) is 2.48. The molecule has 0 bridgehead atoms. The fourth-order valence-corrected chi connectivity index (χ4v) is 3.70. The SMILES string of the molecule is CS(=O)(=O)c1ccc2c(c1)c(=O)nc1n2[C@@H](C2CC2)CN1. The van der Waals surface area contributed by atoms with Gasteiger partial charge in [-0.1, -0.05) is 0 Å². The van der Waals surface area contributed by atoms with Gasteiger partial charge in [-0.2, -0.15) is 4.98 Å². The molecular formula is C14H15N3O3S. The van der Waals surface area contributed by atoms with Gasteiger partial charge in [-0.05, 0) is 37.0 Å². The number of hydrogen-bond acceptors (Lipinski definition) is 5. The van der Waals surface area contributed by atoms with E-state index in [9.17, 15) is 13.2 Å². The molecule has 110 valence electrons. The Morgan fingerprint density at radius 2 is 2.10 bits per heavy atom. The first kappa shape index (κ1) is 12.8. The van der Waals surface area contributed by atoms with Crippen molar-refractivity contribution in [3.63, 3.8) is 0 Å². The van der Waals surface area contributed by atoms with E-state index < -0.39 is 9.84 Å². The summed E-state index contributed by atoms with van der Waals surface area (Å²) in [5, 5.41) is 3.55. The highest BCUT2D eigenvalue weighted by Gasteiger charge is 2.37. The summed E-state index contributed by atoms with van der Waals surface area (Å²) in [5.41, 5.74) is 0.380. The number of sulfone groups is 1. The molecule has 1 aromatic heterocycles. The number of benzene rings is 1. The van der Waals surface area contributed by atoms with Gasteiger partial charge in [0.1, 0.15) is 0 Å². The first-order valence-electron chi connectivity index (χ1n) is 6.95. The van der Waals surface area contributed by atoms with Crippen LogP contribution in [0.4, 0.5) is 5.95 Å². The molecule has 1 N–H and O–H groups in total. The van der Waals surface area contributed by atoms with Crippen molar-refractivity contribution in [1.82, 2.24) is 9.55 Å². The first-order valence-corrected chi connectivity index (χ1v) is 8.84. The van der Waals surface area contributed by atoms with Gasteiger partial charge >= 0.3 is 0 Å². The van der Waals surface area contributed by atoms with Crippen molar-refractivity contribution in [2.45, 2.75) is 23.8 Å². The lowest BCUT2D eigenvalue weighted by molar-refractivity contribution is 0.515. The average Bonchev–Trinajstić information content (AvgIpc) is 3.18. The Labute approximate surface area is 121 Å². The number of nitrogens with zero attached hydrogens (tertiary/aromatic N) is 2. The molecule has 0 radical (unpaired) electrons. The molecule has 4 rings (SSSR count). The van der Waals surface area contributed by atoms with E-state index >= 15 is 0 Å². The minimum atomic E-state index is -3.33. The van der Waals surface area contributed by atoms with Crippen molar-refractivity contribution < 1.29 is 8.42 Å². The van der Waals surface area contributed by atoms with E-state index in [-0.39, 0.29) is 10.5 Å². The zero-order valence-corrected chi connectivity index (χ0v) is 12.4. The van der Waals surface area contributed by atoms with Crippen molar-refractivity contribution in [2.24, 2.45) is 5.92 Å². The highest BCUT2D eigenvalue weighted by molar-refractivity contribution is 7.90. The quantitative estimate of drug-likeness (QED) is 0.901. The third kappa shape index (κ3) is 1.95. The Bertz CT molecular complexity index is 913. The predicted octanol–water partition coefficient (Wildman–Crippen LogP) is 1.18. The van der Waals surface area contributed by atoms with Crippen molar-refractivity contribution in [1.29, 1.82) is 0 Å². The summed E-state index contributed by atoms with van der Waals surface area (Å²) in [4.78, 5) is 16.4. The topological polar surface area (TPSA) is 81.1 Å². The van der Waals surface area contributed by atoms with E-state index in [1.807, 2.05) is 0 Å². The number of hydrogen-bond donors (Lipinski definition) is 1. The maximum atomic E-state index is 12.2. The van der Waals surface area contributed by atoms with Crippen LogP contribution in [-0.2, 0) is 9.84 Å². The third-order valence-electron chi connectivity index (χ3n) is 4.29. The Balaban J connectivity index is 2.02. The van der Waals surface area contributed by atoms with Gasteiger partial charge in [0.05, 0.1) is 21.8 Å². The van der Waals surface area contributed by atoms with E-state index in [4.69, 9.17) is 0 Å². The summed E-state index contributed by atoms with van der Waals surface area (Å²) in [7, 11) is -3.33. The lowest BCUT2D eigenvalue weighted by Gasteiger charge is -2.15. The molecule has 1 saturated carbocycles. The maximum Gasteiger partial charge on any atom is 0.282 e. The van der Waals surface area contributed by atoms with Gasteiger partial charge < -0.3 is 9.88 Å². The minimum absolute atomic E-state index is 0.156. The molecular weight excluding hydrogens is 290 g/mol. The van der Waals surface area contributed by atoms with E-state index in [1.54, 1.807) is 12.1 Å². The summed E-state index contributed by atoms with van der Waals surface area (Å²) in [6.45, 7) is 0.782. The molecule has 2 heterocycles. The van der Waals surface area contributed by atoms with Crippen molar-refractivity contribution in [2.75, 3.05) is 18.1 Å². The third-order valence-corrected chi connectivity index (χ3v) is 5.40. The Morgan fingerprint density at radius 3 is 2.76 bits per heavy atom. The lowest BCUT2D eigenvalue weighted by Crippen LogP contribution is -2.16. The monoisotopic (exact) mass is 305 g/mol. The summed E-state index contributed by atoms with van der Waals surface area (Å²) in [6.07, 6.45) is 3.53. The van der Waals surface area contributed by atoms with Crippen LogP contribution in [0.1, 0.15) is 18.9 Å². The molecule has 7 heteroatoms. The van der Waals surface area contributed by atoms with Gasteiger partial charge in [-0.25, -0.2) is 8.42 Å². The zero-order valence-electron chi connectivity index (χ0n) is 11.5. The number of aromatic nitrogens is 2. The predicted molar refractivity (Wildman–Crippen MR) is 79.4 cm³/mol. The van der Waals surface area contributed by atoms with Crippen molar-refractivity contribution >= 4 is 26.7 Å². The van der Waals surface area contributed by atoms with Crippen LogP contribution in [0.2, 0.25) is 0 Å². The second kappa shape index (κ2) is 4.07. The van der Waals surface area contributed by atoms with Gasteiger partial charge in [0.25, 0.3) is 5.56 Å². The molecule has 2 aliphatic rings. The molecule has 21 heavy (non-hydrogen) atoms. The largest absolute Gasteiger partial charge is 0.353 e. The smallest absolute Gasteiger partial charge is 0.282 e. The fourth-order valence-electron chi connectivity index (χ4n) is 3.06. The second-order valence-corrected chi connectivity index (χ2v) is 7.86. The van der Waals surface area contributed by atoms with Crippen LogP contribution in [0.3, 0.4) is 0 Å². The van der Waals surface area contributed by atoms with Crippen LogP contribution >= 0.6 is 0 Å². The van der Waals surface area contributed by atoms with Crippen LogP contribution < -0.4 is 10.9 Å². The minimum Gasteiger partial charge on any atom is -0.353 e. The van der Waals surface area contributed by atoms with Gasteiger partial charge in [0.15, 0.2) is 9.84 Å². The average molecular weight is 305 g/mol. The van der Waals surface area contributed by atoms with Crippen molar-refractivity contribution in [3.8, 4) is 0 Å². The van der Waals surface area contributed by atoms with Crippen LogP contribution in [-0.4, -0.2) is 30.8 Å². The summed E-state index contributed by atoms with van der Waals surface area (Å²) < 4.78 is 25.4. The number of rotatable bonds is 2. The molecule has 1 aliphatic carbocycles. The highest BCUT2D eigenvalue weighted by atomic mass is 32.2. The Hall–Kier alpha value is -1.89. The molecule has 0 unspecified atom stereocenters. The molecule has 0 amide bonds. The molecule has 6 nitrogen and oxygen atoms in total. The van der Waals surface area contributed by atoms with Gasteiger partial charge in [-0.3, -0.25) is 4.79 Å². The highest BCUT2D eigenvalue weighted by Crippen LogP contribution is 2.44. The van der Waals surface area contributed by atoms with Crippen LogP contribution in [0.15, 0.2) is 27.9 Å². The standard InChI is InChI=1S/C14H15N3O3S/c1-21(19,20)9-4-5-11-10(6-9)13(18)16-14-15-7-12(17(11)14)8-2-3-8/h4-6,8,12H,2-3,7H2,1H3,(H,15,16,18)/t12-/m1/s1. The second-order valence-electron chi connectivity index (χ2n) is 5.85. The van der Waals surface area contributed by atoms with E-state index in [0.717, 1.165) is 18.3 Å². The maximum absolute atomic E-state index is 12.2. The van der Waals surface area contributed by atoms with Gasteiger partial charge in [-0.15, -0.1) is 0 Å². The van der Waals surface area contributed by atoms with Crippen molar-refractivity contribution in [3.05, 3.63) is 28.6 Å². The van der Waals surface area contributed by atoms with Gasteiger partial charge in [0.2, 0.25) is 5.95 Å². The summed E-state index contributed by atoms with van der Waals surface area (Å²) in [5.74, 6) is 1.22. The number of nitrogens with one attached hydrogen (secondary N) is 1.